The van der Waals surface area contributed by atoms with E-state index in [0.29, 0.717) is 0 Å². The van der Waals surface area contributed by atoms with Gasteiger partial charge in [0.05, 0.1) is 0 Å². The Morgan fingerprint density at radius 3 is 0.707 bits per heavy atom. The van der Waals surface area contributed by atoms with E-state index < -0.39 is 0 Å². The zero-order valence-electron chi connectivity index (χ0n) is 67.3. The fourth-order valence-electron chi connectivity index (χ4n) is 6.67. The Bertz CT molecular complexity index is 2130. The van der Waals surface area contributed by atoms with Gasteiger partial charge in [-0.05, 0) is 77.6 Å². The van der Waals surface area contributed by atoms with Gasteiger partial charge in [-0.2, -0.15) is 0 Å². The lowest BCUT2D eigenvalue weighted by molar-refractivity contribution is 0.886. The van der Waals surface area contributed by atoms with Crippen LogP contribution < -0.4 is 0 Å². The summed E-state index contributed by atoms with van der Waals surface area (Å²) in [6.45, 7) is 64.2. The van der Waals surface area contributed by atoms with Crippen molar-refractivity contribution in [3.63, 3.8) is 0 Å². The zero-order chi connectivity index (χ0) is 73.4. The first-order valence-corrected chi connectivity index (χ1v) is 37.7. The lowest BCUT2D eigenvalue weighted by Crippen LogP contribution is -1.85. The highest BCUT2D eigenvalue weighted by Crippen LogP contribution is 2.18. The van der Waals surface area contributed by atoms with Gasteiger partial charge in [0.15, 0.2) is 0 Å². The maximum absolute atomic E-state index is 2.20. The normalized spacial score (nSPS) is 9.48. The molecule has 7 aromatic rings. The van der Waals surface area contributed by atoms with Gasteiger partial charge in [0.2, 0.25) is 0 Å². The topological polar surface area (TPSA) is 0 Å². The SMILES string of the molecule is C1=CCC=C1.C1=CCC=C1.C1=Cc2ccccc2C1.C1CCCC1.CC.CC.CC.CC.CC.CC.CC.CC.CC.CC.CC.CC.CC.CC.CC.CCc1ccccc1.Cc1ccccc1.c1ccc(Cc2ccccc2)cc1.c1ccc2ccccc2c1. The molecule has 0 saturated heterocycles. The molecule has 0 spiro atoms. The molecular weight excluding hydrogens is 1110 g/mol. The molecule has 0 nitrogen and oxygen atoms in total. The number of rotatable bonds is 3. The van der Waals surface area contributed by atoms with E-state index >= 15 is 0 Å². The van der Waals surface area contributed by atoms with Crippen LogP contribution in [0.2, 0.25) is 0 Å². The third-order valence-electron chi connectivity index (χ3n) is 10.2. The third-order valence-corrected chi connectivity index (χ3v) is 10.2. The minimum Gasteiger partial charge on any atom is -0.0808 e. The van der Waals surface area contributed by atoms with Crippen LogP contribution in [-0.2, 0) is 19.3 Å². The molecule has 526 valence electrons. The van der Waals surface area contributed by atoms with E-state index in [-0.39, 0.29) is 0 Å². The van der Waals surface area contributed by atoms with E-state index in [9.17, 15) is 0 Å². The van der Waals surface area contributed by atoms with E-state index in [1.807, 2.05) is 232 Å². The van der Waals surface area contributed by atoms with Crippen molar-refractivity contribution >= 4 is 16.8 Å². The monoisotopic (exact) mass is 1260 g/mol. The number of allylic oxidation sites excluding steroid dienone is 9. The summed E-state index contributed by atoms with van der Waals surface area (Å²) in [7, 11) is 0. The lowest BCUT2D eigenvalue weighted by Gasteiger charge is -2.00. The lowest BCUT2D eigenvalue weighted by atomic mass is 10.1. The molecule has 0 heterocycles. The first-order chi connectivity index (χ1) is 45.7. The summed E-state index contributed by atoms with van der Waals surface area (Å²) in [4.78, 5) is 0. The minimum atomic E-state index is 1.03. The van der Waals surface area contributed by atoms with Crippen molar-refractivity contribution in [1.82, 2.24) is 0 Å². The standard InChI is InChI=1S/C13H12.C10H8.C9H8.C8H10.C7H8.C5H10.2C5H6.15C2H6/c1-3-7-12(8-4-1)11-13-9-5-2-6-10-13;1-2-6-10-8-4-3-7-9(10)5-1;1-2-5-9-7-3-6-8(9)4-1;1-2-8-6-4-3-5-7-8;1-7-5-3-2-4-6-7;3*1-2-4-5-3-1;15*1-2/h1-10H,11H2;1-8H;1-6H,7H2;3-7H,2H2,1H3;2-6H,1H3;1-5H2;2*1-4H,5H2;15*1-2H3. The van der Waals surface area contributed by atoms with E-state index in [1.165, 1.54) is 76.3 Å². The number of hydrogen-bond donors (Lipinski definition) is 0. The van der Waals surface area contributed by atoms with Gasteiger partial charge >= 0.3 is 0 Å². The summed E-state index contributed by atoms with van der Waals surface area (Å²) in [6, 6.07) is 67.0. The molecule has 0 bridgehead atoms. The average Bonchev–Trinajstić information content (AvgIpc) is 1.83. The molecule has 0 aromatic heterocycles. The number of aryl methyl sites for hydroxylation is 2. The van der Waals surface area contributed by atoms with E-state index in [2.05, 4.69) is 244 Å². The van der Waals surface area contributed by atoms with Gasteiger partial charge in [0.1, 0.15) is 0 Å². The Labute approximate surface area is 581 Å². The first-order valence-electron chi connectivity index (χ1n) is 37.7. The summed E-state index contributed by atoms with van der Waals surface area (Å²) < 4.78 is 0. The molecule has 0 radical (unpaired) electrons. The molecule has 0 unspecified atom stereocenters. The van der Waals surface area contributed by atoms with E-state index in [4.69, 9.17) is 0 Å². The van der Waals surface area contributed by atoms with Gasteiger partial charge in [0, 0.05) is 0 Å². The maximum Gasteiger partial charge on any atom is -0.00258 e. The van der Waals surface area contributed by atoms with Crippen LogP contribution in [0.3, 0.4) is 0 Å². The largest absolute Gasteiger partial charge is 0.0808 e. The summed E-state index contributed by atoms with van der Waals surface area (Å²) in [5.41, 5.74) is 8.31. The van der Waals surface area contributed by atoms with Crippen LogP contribution in [0, 0.1) is 6.92 Å². The quantitative estimate of drug-likeness (QED) is 0.165. The van der Waals surface area contributed by atoms with Crippen molar-refractivity contribution < 1.29 is 0 Å². The van der Waals surface area contributed by atoms with Crippen LogP contribution in [0.15, 0.2) is 249 Å². The second-order valence-corrected chi connectivity index (χ2v) is 15.2. The summed E-state index contributed by atoms with van der Waals surface area (Å²) in [5.74, 6) is 0. The van der Waals surface area contributed by atoms with E-state index in [0.717, 1.165) is 32.1 Å². The zero-order valence-corrected chi connectivity index (χ0v) is 67.3. The van der Waals surface area contributed by atoms with Crippen LogP contribution in [0.1, 0.15) is 293 Å². The molecule has 11 rings (SSSR count). The highest BCUT2D eigenvalue weighted by atomic mass is 14.1. The number of benzene rings is 7. The van der Waals surface area contributed by atoms with Gasteiger partial charge in [-0.3, -0.25) is 0 Å². The summed E-state index contributed by atoms with van der Waals surface area (Å²) in [5, 5.41) is 2.62. The highest BCUT2D eigenvalue weighted by molar-refractivity contribution is 5.82. The summed E-state index contributed by atoms with van der Waals surface area (Å²) >= 11 is 0. The first kappa shape index (κ1) is 113. The van der Waals surface area contributed by atoms with Gasteiger partial charge < -0.3 is 0 Å². The molecule has 0 heteroatoms. The average molecular weight is 1260 g/mol. The molecular formula is C92H158. The molecule has 0 atom stereocenters. The Morgan fingerprint density at radius 2 is 0.489 bits per heavy atom. The Kier molecular flexibility index (Phi) is 150. The molecule has 7 aromatic carbocycles. The maximum atomic E-state index is 2.20. The predicted octanol–water partition coefficient (Wildman–Crippen LogP) is 33.0. The molecule has 0 amide bonds. The van der Waals surface area contributed by atoms with Crippen molar-refractivity contribution in [2.45, 2.75) is 286 Å². The van der Waals surface area contributed by atoms with Crippen LogP contribution in [0.5, 0.6) is 0 Å². The number of hydrogen-bond acceptors (Lipinski definition) is 0. The second-order valence-electron chi connectivity index (χ2n) is 15.2. The molecule has 1 saturated carbocycles. The van der Waals surface area contributed by atoms with Crippen LogP contribution in [0.25, 0.3) is 16.8 Å². The Balaban J connectivity index is -0.0000000759. The molecule has 0 N–H and O–H groups in total. The van der Waals surface area contributed by atoms with Crippen LogP contribution in [-0.4, -0.2) is 0 Å². The van der Waals surface area contributed by atoms with Gasteiger partial charge in [0.25, 0.3) is 0 Å². The van der Waals surface area contributed by atoms with Crippen LogP contribution in [0.4, 0.5) is 0 Å². The van der Waals surface area contributed by atoms with Gasteiger partial charge in [-0.25, -0.2) is 0 Å². The minimum absolute atomic E-state index is 1.03. The summed E-state index contributed by atoms with van der Waals surface area (Å²) in [6.07, 6.45) is 34.2. The van der Waals surface area contributed by atoms with Crippen LogP contribution >= 0.6 is 0 Å². The molecule has 0 aliphatic heterocycles. The van der Waals surface area contributed by atoms with E-state index in [1.54, 1.807) is 0 Å². The number of fused-ring (bicyclic) bond motifs is 2. The van der Waals surface area contributed by atoms with Crippen molar-refractivity contribution in [1.29, 1.82) is 0 Å². The smallest absolute Gasteiger partial charge is 0.00258 e. The molecule has 4 aliphatic rings. The van der Waals surface area contributed by atoms with Crippen molar-refractivity contribution in [2.75, 3.05) is 0 Å². The van der Waals surface area contributed by atoms with Gasteiger partial charge in [-0.15, -0.1) is 0 Å². The highest BCUT2D eigenvalue weighted by Gasteiger charge is 2.00. The fourth-order valence-corrected chi connectivity index (χ4v) is 6.67. The Morgan fingerprint density at radius 1 is 0.250 bits per heavy atom. The Hall–Kier alpha value is -6.50. The second kappa shape index (κ2) is 122. The van der Waals surface area contributed by atoms with Crippen molar-refractivity contribution in [3.8, 4) is 0 Å². The molecule has 4 aliphatic carbocycles. The molecule has 1 fully saturated rings. The third kappa shape index (κ3) is 85.6. The molecule has 92 heavy (non-hydrogen) atoms. The van der Waals surface area contributed by atoms with Crippen molar-refractivity contribution in [2.24, 2.45) is 0 Å². The van der Waals surface area contributed by atoms with Gasteiger partial charge in [-0.1, -0.05) is 507 Å². The van der Waals surface area contributed by atoms with Crippen molar-refractivity contribution in [3.05, 3.63) is 282 Å². The fraction of sp³-hybridized carbons (Fsp3) is 0.457. The predicted molar refractivity (Wildman–Crippen MR) is 445 cm³/mol.